The lowest BCUT2D eigenvalue weighted by molar-refractivity contribution is -0.136. The van der Waals surface area contributed by atoms with Gasteiger partial charge in [0.2, 0.25) is 0 Å². The molecule has 14 heavy (non-hydrogen) atoms. The number of anilines is 1. The Balaban J connectivity index is 3.25. The van der Waals surface area contributed by atoms with Crippen molar-refractivity contribution in [2.45, 2.75) is 13.3 Å². The summed E-state index contributed by atoms with van der Waals surface area (Å²) < 4.78 is 13.1. The van der Waals surface area contributed by atoms with Crippen molar-refractivity contribution in [1.82, 2.24) is 0 Å². The molecule has 3 N–H and O–H groups in total. The molecule has 1 aromatic rings. The normalized spacial score (nSPS) is 10.2. The maximum absolute atomic E-state index is 13.1. The first-order chi connectivity index (χ1) is 6.43. The predicted octanol–water partition coefficient (Wildman–Crippen LogP) is 2.00. The maximum atomic E-state index is 13.1. The van der Waals surface area contributed by atoms with Crippen LogP contribution in [0, 0.1) is 12.7 Å². The van der Waals surface area contributed by atoms with Crippen molar-refractivity contribution in [1.29, 1.82) is 0 Å². The second-order valence-corrected chi connectivity index (χ2v) is 3.32. The smallest absolute Gasteiger partial charge is 0.307 e. The molecule has 76 valence electrons. The van der Waals surface area contributed by atoms with E-state index in [0.29, 0.717) is 11.1 Å². The lowest BCUT2D eigenvalue weighted by Crippen LogP contribution is -2.05. The van der Waals surface area contributed by atoms with Crippen LogP contribution in [0.3, 0.4) is 0 Å². The molecule has 1 aromatic carbocycles. The Kier molecular flexibility index (Phi) is 2.96. The van der Waals surface area contributed by atoms with E-state index in [-0.39, 0.29) is 17.1 Å². The van der Waals surface area contributed by atoms with Gasteiger partial charge in [-0.05, 0) is 24.1 Å². The Morgan fingerprint density at radius 3 is 2.79 bits per heavy atom. The van der Waals surface area contributed by atoms with Gasteiger partial charge < -0.3 is 10.8 Å². The summed E-state index contributed by atoms with van der Waals surface area (Å²) in [4.78, 5) is 10.4. The highest BCUT2D eigenvalue weighted by Crippen LogP contribution is 2.28. The molecule has 0 unspecified atom stereocenters. The molecule has 0 aliphatic heterocycles. The first-order valence-corrected chi connectivity index (χ1v) is 4.26. The van der Waals surface area contributed by atoms with E-state index in [4.69, 9.17) is 22.4 Å². The third-order valence-electron chi connectivity index (χ3n) is 1.95. The van der Waals surface area contributed by atoms with Crippen LogP contribution in [-0.2, 0) is 11.2 Å². The molecule has 0 radical (unpaired) electrons. The van der Waals surface area contributed by atoms with Crippen LogP contribution in [0.5, 0.6) is 0 Å². The van der Waals surface area contributed by atoms with Crippen molar-refractivity contribution >= 4 is 23.3 Å². The van der Waals surface area contributed by atoms with Crippen LogP contribution in [0.2, 0.25) is 5.02 Å². The number of carbonyl (C=O) groups is 1. The van der Waals surface area contributed by atoms with E-state index in [1.165, 1.54) is 0 Å². The molecule has 0 aliphatic carbocycles. The fourth-order valence-electron chi connectivity index (χ4n) is 1.13. The minimum Gasteiger partial charge on any atom is -0.481 e. The first-order valence-electron chi connectivity index (χ1n) is 3.88. The highest BCUT2D eigenvalue weighted by Gasteiger charge is 2.13. The zero-order valence-corrected chi connectivity index (χ0v) is 8.23. The lowest BCUT2D eigenvalue weighted by atomic mass is 10.0. The van der Waals surface area contributed by atoms with Gasteiger partial charge in [0.25, 0.3) is 0 Å². The number of hydrogen-bond acceptors (Lipinski definition) is 2. The van der Waals surface area contributed by atoms with Gasteiger partial charge in [-0.1, -0.05) is 11.6 Å². The zero-order valence-electron chi connectivity index (χ0n) is 7.47. The van der Waals surface area contributed by atoms with Crippen molar-refractivity contribution in [3.63, 3.8) is 0 Å². The summed E-state index contributed by atoms with van der Waals surface area (Å²) >= 11 is 5.71. The van der Waals surface area contributed by atoms with Crippen LogP contribution in [0.15, 0.2) is 6.07 Å². The predicted molar refractivity (Wildman–Crippen MR) is 51.9 cm³/mol. The molecule has 0 saturated heterocycles. The van der Waals surface area contributed by atoms with E-state index >= 15 is 0 Å². The molecule has 0 spiro atoms. The average molecular weight is 218 g/mol. The molecular formula is C9H9ClFNO2. The SMILES string of the molecule is Cc1c(CC(=O)O)cc(F)c(N)c1Cl. The number of nitrogens with two attached hydrogens (primary N) is 1. The van der Waals surface area contributed by atoms with Crippen LogP contribution in [-0.4, -0.2) is 11.1 Å². The Hall–Kier alpha value is -1.29. The second-order valence-electron chi connectivity index (χ2n) is 2.94. The Bertz CT molecular complexity index is 393. The van der Waals surface area contributed by atoms with Crippen molar-refractivity contribution < 1.29 is 14.3 Å². The molecule has 0 saturated carbocycles. The van der Waals surface area contributed by atoms with E-state index in [1.807, 2.05) is 0 Å². The standard InChI is InChI=1S/C9H9ClFNO2/c1-4-5(3-7(13)14)2-6(11)9(12)8(4)10/h2H,3,12H2,1H3,(H,13,14). The van der Waals surface area contributed by atoms with Crippen LogP contribution in [0.1, 0.15) is 11.1 Å². The Morgan fingerprint density at radius 1 is 1.71 bits per heavy atom. The number of aliphatic carboxylic acids is 1. The first kappa shape index (κ1) is 10.8. The highest BCUT2D eigenvalue weighted by atomic mass is 35.5. The van der Waals surface area contributed by atoms with Crippen molar-refractivity contribution in [3.05, 3.63) is 28.0 Å². The largest absolute Gasteiger partial charge is 0.481 e. The van der Waals surface area contributed by atoms with Crippen LogP contribution < -0.4 is 5.73 Å². The van der Waals surface area contributed by atoms with Crippen molar-refractivity contribution in [2.75, 3.05) is 5.73 Å². The zero-order chi connectivity index (χ0) is 10.9. The van der Waals surface area contributed by atoms with Crippen molar-refractivity contribution in [3.8, 4) is 0 Å². The second kappa shape index (κ2) is 3.84. The van der Waals surface area contributed by atoms with Gasteiger partial charge in [0.15, 0.2) is 0 Å². The summed E-state index contributed by atoms with van der Waals surface area (Å²) in [7, 11) is 0. The number of nitrogen functional groups attached to an aromatic ring is 1. The lowest BCUT2D eigenvalue weighted by Gasteiger charge is -2.08. The van der Waals surface area contributed by atoms with Crippen LogP contribution >= 0.6 is 11.6 Å². The third-order valence-corrected chi connectivity index (χ3v) is 2.43. The monoisotopic (exact) mass is 217 g/mol. The number of hydrogen-bond donors (Lipinski definition) is 2. The molecule has 1 rings (SSSR count). The van der Waals surface area contributed by atoms with Crippen molar-refractivity contribution in [2.24, 2.45) is 0 Å². The van der Waals surface area contributed by atoms with E-state index in [9.17, 15) is 9.18 Å². The van der Waals surface area contributed by atoms with Gasteiger partial charge in [-0.2, -0.15) is 0 Å². The summed E-state index contributed by atoms with van der Waals surface area (Å²) in [6.07, 6.45) is -0.261. The fraction of sp³-hybridized carbons (Fsp3) is 0.222. The van der Waals surface area contributed by atoms with Gasteiger partial charge in [0.1, 0.15) is 5.82 Å². The quantitative estimate of drug-likeness (QED) is 0.745. The van der Waals surface area contributed by atoms with E-state index in [1.54, 1.807) is 6.92 Å². The molecule has 5 heteroatoms. The minimum atomic E-state index is -1.03. The van der Waals surface area contributed by atoms with Crippen LogP contribution in [0.4, 0.5) is 10.1 Å². The molecular weight excluding hydrogens is 209 g/mol. The molecule has 0 amide bonds. The number of benzene rings is 1. The Morgan fingerprint density at radius 2 is 2.29 bits per heavy atom. The van der Waals surface area contributed by atoms with Gasteiger partial charge in [-0.25, -0.2) is 4.39 Å². The summed E-state index contributed by atoms with van der Waals surface area (Å²) in [5.41, 5.74) is 6.04. The third kappa shape index (κ3) is 1.96. The number of carboxylic acid groups (broad SMARTS) is 1. The summed E-state index contributed by atoms with van der Waals surface area (Å²) in [6, 6.07) is 1.10. The average Bonchev–Trinajstić information content (AvgIpc) is 2.10. The molecule has 0 fully saturated rings. The van der Waals surface area contributed by atoms with E-state index < -0.39 is 11.8 Å². The van der Waals surface area contributed by atoms with Gasteiger partial charge in [0.05, 0.1) is 17.1 Å². The fourth-order valence-corrected chi connectivity index (χ4v) is 1.34. The summed E-state index contributed by atoms with van der Waals surface area (Å²) in [5.74, 6) is -1.72. The van der Waals surface area contributed by atoms with Gasteiger partial charge >= 0.3 is 5.97 Å². The highest BCUT2D eigenvalue weighted by molar-refractivity contribution is 6.34. The minimum absolute atomic E-state index is 0.0845. The Labute approximate surface area is 85.3 Å². The molecule has 0 bridgehead atoms. The molecule has 0 aromatic heterocycles. The molecule has 0 heterocycles. The number of halogens is 2. The van der Waals surface area contributed by atoms with E-state index in [2.05, 4.69) is 0 Å². The number of carboxylic acids is 1. The number of rotatable bonds is 2. The molecule has 3 nitrogen and oxygen atoms in total. The topological polar surface area (TPSA) is 63.3 Å². The molecule has 0 atom stereocenters. The van der Waals surface area contributed by atoms with Gasteiger partial charge in [-0.15, -0.1) is 0 Å². The maximum Gasteiger partial charge on any atom is 0.307 e. The van der Waals surface area contributed by atoms with E-state index in [0.717, 1.165) is 6.07 Å². The summed E-state index contributed by atoms with van der Waals surface area (Å²) in [5, 5.41) is 8.63. The van der Waals surface area contributed by atoms with Crippen LogP contribution in [0.25, 0.3) is 0 Å². The summed E-state index contributed by atoms with van der Waals surface area (Å²) in [6.45, 7) is 1.61. The van der Waals surface area contributed by atoms with Gasteiger partial charge in [0, 0.05) is 0 Å². The van der Waals surface area contributed by atoms with Gasteiger partial charge in [-0.3, -0.25) is 4.79 Å². The molecule has 0 aliphatic rings.